The Labute approximate surface area is 227 Å². The number of pyridine rings is 1. The lowest BCUT2D eigenvalue weighted by Gasteiger charge is -2.05. The van der Waals surface area contributed by atoms with E-state index in [1.807, 2.05) is 38.1 Å². The summed E-state index contributed by atoms with van der Waals surface area (Å²) < 4.78 is 1.60. The van der Waals surface area contributed by atoms with E-state index in [0.29, 0.717) is 39.4 Å². The predicted octanol–water partition coefficient (Wildman–Crippen LogP) is 5.78. The van der Waals surface area contributed by atoms with E-state index in [2.05, 4.69) is 35.5 Å². The van der Waals surface area contributed by atoms with E-state index in [-0.39, 0.29) is 5.56 Å². The molecule has 0 aliphatic carbocycles. The van der Waals surface area contributed by atoms with Gasteiger partial charge in [-0.3, -0.25) is 4.84 Å². The van der Waals surface area contributed by atoms with Crippen LogP contribution in [0.25, 0.3) is 22.2 Å². The molecule has 0 spiro atoms. The molecule has 0 amide bonds. The molecule has 2 N–H and O–H groups in total. The molecule has 0 saturated carbocycles. The number of carboxylic acid groups (broad SMARTS) is 1. The second-order valence-corrected chi connectivity index (χ2v) is 8.29. The largest absolute Gasteiger partial charge is 0.478 e. The Bertz CT molecular complexity index is 1540. The van der Waals surface area contributed by atoms with Crippen molar-refractivity contribution in [3.05, 3.63) is 107 Å². The van der Waals surface area contributed by atoms with Crippen LogP contribution >= 0.6 is 11.6 Å². The van der Waals surface area contributed by atoms with Gasteiger partial charge in [-0.2, -0.15) is 5.26 Å². The molecule has 0 bridgehead atoms. The molecular formula is C30H28ClN4O3+. The van der Waals surface area contributed by atoms with Crippen molar-refractivity contribution in [3.8, 4) is 30.0 Å². The van der Waals surface area contributed by atoms with Gasteiger partial charge in [0.15, 0.2) is 0 Å². The summed E-state index contributed by atoms with van der Waals surface area (Å²) in [5.41, 5.74) is 5.61. The number of hydrogen-bond donors (Lipinski definition) is 2. The molecule has 0 atom stereocenters. The summed E-state index contributed by atoms with van der Waals surface area (Å²) in [5, 5.41) is 19.1. The molecule has 192 valence electrons. The highest BCUT2D eigenvalue weighted by Gasteiger charge is 2.19. The van der Waals surface area contributed by atoms with Crippen LogP contribution in [0.2, 0.25) is 5.02 Å². The molecule has 7 nitrogen and oxygen atoms in total. The number of imidazole rings is 1. The first-order valence-corrected chi connectivity index (χ1v) is 11.8. The fourth-order valence-electron chi connectivity index (χ4n) is 3.40. The summed E-state index contributed by atoms with van der Waals surface area (Å²) in [4.78, 5) is 24.3. The Morgan fingerprint density at radius 1 is 1.26 bits per heavy atom. The summed E-state index contributed by atoms with van der Waals surface area (Å²) in [6, 6.07) is 15.8. The number of terminal acetylenes is 1. The number of nitriles is 1. The SMILES string of the molecule is C#C.C=C/C(C)=C\C.CO[n+]1cc(-c2cc(Cl)ccc2C#N)ccc1Cc1nc2ccc(C(=O)O)cc2[nH]1. The number of nitrogens with zero attached hydrogens (tertiary/aromatic N) is 3. The summed E-state index contributed by atoms with van der Waals surface area (Å²) in [6.07, 6.45) is 14.1. The molecule has 4 aromatic rings. The maximum Gasteiger partial charge on any atom is 0.335 e. The van der Waals surface area contributed by atoms with Crippen molar-refractivity contribution in [3.63, 3.8) is 0 Å². The predicted molar refractivity (Wildman–Crippen MR) is 150 cm³/mol. The van der Waals surface area contributed by atoms with Crippen LogP contribution in [0.1, 0.15) is 41.3 Å². The summed E-state index contributed by atoms with van der Waals surface area (Å²) in [6.45, 7) is 7.58. The van der Waals surface area contributed by atoms with E-state index in [9.17, 15) is 10.1 Å². The zero-order valence-electron chi connectivity index (χ0n) is 21.4. The van der Waals surface area contributed by atoms with Crippen LogP contribution in [0.3, 0.4) is 0 Å². The highest BCUT2D eigenvalue weighted by Crippen LogP contribution is 2.26. The van der Waals surface area contributed by atoms with Crippen LogP contribution in [-0.2, 0) is 6.42 Å². The lowest BCUT2D eigenvalue weighted by atomic mass is 10.0. The molecule has 4 rings (SSSR count). The number of halogens is 1. The Morgan fingerprint density at radius 2 is 2.00 bits per heavy atom. The van der Waals surface area contributed by atoms with Crippen LogP contribution in [0, 0.1) is 24.2 Å². The number of nitrogens with one attached hydrogen (secondary N) is 1. The van der Waals surface area contributed by atoms with E-state index in [1.165, 1.54) is 11.6 Å². The second kappa shape index (κ2) is 14.0. The van der Waals surface area contributed by atoms with Gasteiger partial charge in [0.2, 0.25) is 11.9 Å². The third kappa shape index (κ3) is 7.33. The average Bonchev–Trinajstić information content (AvgIpc) is 3.35. The number of fused-ring (bicyclic) bond motifs is 1. The molecule has 0 aliphatic heterocycles. The standard InChI is InChI=1S/C22H15ClN4O3.C6H10.C2H2/c1-30-27-12-15(18-9-16(23)5-2-14(18)11-24)3-6-17(27)10-21-25-19-7-4-13(22(28)29)8-20(19)26-21;1-4-6(3)5-2;1-2/h2-9,12H,10H2,1H3,(H-,25,26,28,29);4-5H,1H2,2-3H3;1-2H/p+1/b;6-5-;. The second-order valence-electron chi connectivity index (χ2n) is 7.85. The summed E-state index contributed by atoms with van der Waals surface area (Å²) >= 11 is 6.11. The van der Waals surface area contributed by atoms with Crippen LogP contribution in [0.15, 0.2) is 79.0 Å². The molecule has 38 heavy (non-hydrogen) atoms. The topological polar surface area (TPSA) is 103 Å². The van der Waals surface area contributed by atoms with Gasteiger partial charge in [-0.25, -0.2) is 9.78 Å². The normalized spacial score (nSPS) is 10.3. The number of carboxylic acids is 1. The lowest BCUT2D eigenvalue weighted by Crippen LogP contribution is -2.44. The fourth-order valence-corrected chi connectivity index (χ4v) is 3.57. The number of benzene rings is 2. The number of aromatic amines is 1. The van der Waals surface area contributed by atoms with Crippen LogP contribution < -0.4 is 9.57 Å². The molecular weight excluding hydrogens is 500 g/mol. The molecule has 2 aromatic heterocycles. The van der Waals surface area contributed by atoms with Crippen molar-refractivity contribution >= 4 is 28.6 Å². The van der Waals surface area contributed by atoms with Gasteiger partial charge in [0.25, 0.3) is 0 Å². The van der Waals surface area contributed by atoms with Gasteiger partial charge < -0.3 is 10.1 Å². The molecule has 0 fully saturated rings. The highest BCUT2D eigenvalue weighted by molar-refractivity contribution is 6.30. The zero-order chi connectivity index (χ0) is 28.2. The van der Waals surface area contributed by atoms with Gasteiger partial charge in [0, 0.05) is 21.4 Å². The molecule has 0 saturated heterocycles. The molecule has 0 radical (unpaired) electrons. The fraction of sp³-hybridized carbons (Fsp3) is 0.133. The molecule has 8 heteroatoms. The number of hydrogen-bond acceptors (Lipinski definition) is 4. The Hall–Kier alpha value is -4.85. The van der Waals surface area contributed by atoms with Crippen LogP contribution in [-0.4, -0.2) is 28.2 Å². The minimum Gasteiger partial charge on any atom is -0.478 e. The van der Waals surface area contributed by atoms with Gasteiger partial charge in [-0.05, 0) is 56.3 Å². The lowest BCUT2D eigenvalue weighted by molar-refractivity contribution is -0.890. The number of aromatic nitrogens is 3. The monoisotopic (exact) mass is 527 g/mol. The highest BCUT2D eigenvalue weighted by atomic mass is 35.5. The van der Waals surface area contributed by atoms with Gasteiger partial charge in [-0.15, -0.1) is 12.8 Å². The number of rotatable bonds is 6. The van der Waals surface area contributed by atoms with Crippen molar-refractivity contribution in [1.29, 1.82) is 5.26 Å². The molecule has 0 aliphatic rings. The van der Waals surface area contributed by atoms with Gasteiger partial charge in [0.1, 0.15) is 12.9 Å². The van der Waals surface area contributed by atoms with Crippen LogP contribution in [0.4, 0.5) is 0 Å². The average molecular weight is 528 g/mol. The van der Waals surface area contributed by atoms with Gasteiger partial charge >= 0.3 is 5.97 Å². The minimum atomic E-state index is -0.987. The first-order chi connectivity index (χ1) is 18.3. The molecule has 2 heterocycles. The van der Waals surface area contributed by atoms with Crippen molar-refractivity contribution < 1.29 is 19.5 Å². The van der Waals surface area contributed by atoms with Crippen molar-refractivity contribution in [2.24, 2.45) is 0 Å². The van der Waals surface area contributed by atoms with E-state index >= 15 is 0 Å². The summed E-state index contributed by atoms with van der Waals surface area (Å²) in [5.74, 6) is -0.315. The van der Waals surface area contributed by atoms with Gasteiger partial charge in [-0.1, -0.05) is 35.9 Å². The van der Waals surface area contributed by atoms with Crippen molar-refractivity contribution in [1.82, 2.24) is 9.97 Å². The molecule has 2 aromatic carbocycles. The Morgan fingerprint density at radius 3 is 2.58 bits per heavy atom. The van der Waals surface area contributed by atoms with Crippen molar-refractivity contribution in [2.75, 3.05) is 7.11 Å². The number of allylic oxidation sites excluding steroid dienone is 3. The number of carbonyl (C=O) groups is 1. The maximum absolute atomic E-state index is 11.2. The summed E-state index contributed by atoms with van der Waals surface area (Å²) in [7, 11) is 1.55. The Balaban J connectivity index is 0.000000560. The quantitative estimate of drug-likeness (QED) is 0.188. The zero-order valence-corrected chi connectivity index (χ0v) is 22.2. The van der Waals surface area contributed by atoms with E-state index in [0.717, 1.165) is 11.3 Å². The third-order valence-electron chi connectivity index (χ3n) is 5.51. The van der Waals surface area contributed by atoms with E-state index in [1.54, 1.807) is 48.4 Å². The minimum absolute atomic E-state index is 0.198. The number of H-pyrrole nitrogens is 1. The first-order valence-electron chi connectivity index (χ1n) is 11.4. The first kappa shape index (κ1) is 29.4. The Kier molecular flexibility index (Phi) is 10.8. The maximum atomic E-state index is 11.2. The van der Waals surface area contributed by atoms with Gasteiger partial charge in [0.05, 0.1) is 40.2 Å². The third-order valence-corrected chi connectivity index (χ3v) is 5.74. The number of aromatic carboxylic acids is 1. The van der Waals surface area contributed by atoms with E-state index < -0.39 is 5.97 Å². The smallest absolute Gasteiger partial charge is 0.335 e. The van der Waals surface area contributed by atoms with Crippen LogP contribution in [0.5, 0.6) is 0 Å². The van der Waals surface area contributed by atoms with Crippen molar-refractivity contribution in [2.45, 2.75) is 20.3 Å². The van der Waals surface area contributed by atoms with E-state index in [4.69, 9.17) is 21.5 Å². The molecule has 0 unspecified atom stereocenters.